The van der Waals surface area contributed by atoms with Gasteiger partial charge < -0.3 is 0 Å². The smallest absolute Gasteiger partial charge is 0.298 e. The summed E-state index contributed by atoms with van der Waals surface area (Å²) in [5.41, 5.74) is 2.34. The quantitative estimate of drug-likeness (QED) is 0.480. The Kier molecular flexibility index (Phi) is 5.20. The van der Waals surface area contributed by atoms with Gasteiger partial charge in [-0.05, 0) is 29.7 Å². The van der Waals surface area contributed by atoms with Crippen LogP contribution in [0.1, 0.15) is 21.5 Å². The zero-order valence-corrected chi connectivity index (χ0v) is 15.8. The van der Waals surface area contributed by atoms with Crippen LogP contribution in [0.3, 0.4) is 0 Å². The Balaban J connectivity index is 1.81. The molecular formula is C24H20N2O3. The first-order valence-corrected chi connectivity index (χ1v) is 9.48. The number of nitrogens with zero attached hydrogens (tertiary/aromatic N) is 2. The molecule has 0 unspecified atom stereocenters. The first-order chi connectivity index (χ1) is 14.2. The Bertz CT molecular complexity index is 1290. The third-order valence-corrected chi connectivity index (χ3v) is 5.10. The molecule has 3 aromatic carbocycles. The van der Waals surface area contributed by atoms with Crippen LogP contribution in [0.2, 0.25) is 0 Å². The van der Waals surface area contributed by atoms with Gasteiger partial charge in [-0.2, -0.15) is 0 Å². The summed E-state index contributed by atoms with van der Waals surface area (Å²) >= 11 is 0. The minimum absolute atomic E-state index is 0.210. The molecule has 0 radical (unpaired) electrons. The average molecular weight is 384 g/mol. The van der Waals surface area contributed by atoms with Crippen molar-refractivity contribution in [2.75, 3.05) is 0 Å². The molecule has 1 heterocycles. The van der Waals surface area contributed by atoms with Crippen LogP contribution in [0.5, 0.6) is 0 Å². The number of fused-ring (bicyclic) bond motifs is 1. The predicted molar refractivity (Wildman–Crippen MR) is 114 cm³/mol. The van der Waals surface area contributed by atoms with E-state index in [0.717, 1.165) is 17.4 Å². The molecule has 4 rings (SSSR count). The molecule has 5 nitrogen and oxygen atoms in total. The van der Waals surface area contributed by atoms with E-state index in [1.165, 1.54) is 4.57 Å². The topological polar surface area (TPSA) is 61.1 Å². The van der Waals surface area contributed by atoms with Crippen molar-refractivity contribution in [1.29, 1.82) is 0 Å². The van der Waals surface area contributed by atoms with Gasteiger partial charge in [-0.1, -0.05) is 66.7 Å². The number of carbonyl (C=O) groups excluding carboxylic acids is 1. The summed E-state index contributed by atoms with van der Waals surface area (Å²) in [6.45, 7) is 0.591. The van der Waals surface area contributed by atoms with Crippen LogP contribution in [0.25, 0.3) is 10.9 Å². The van der Waals surface area contributed by atoms with E-state index in [2.05, 4.69) is 0 Å². The number of rotatable bonds is 6. The van der Waals surface area contributed by atoms with Gasteiger partial charge in [0.25, 0.3) is 5.56 Å². The summed E-state index contributed by atoms with van der Waals surface area (Å²) in [4.78, 5) is 37.5. The molecule has 4 aromatic rings. The standard InChI is InChI=1S/C24H20N2O3/c27-17-20-11-5-4-10-19(20)14-15-25-23(28)21-12-6-7-13-22(21)26(24(25)29)16-18-8-2-1-3-9-18/h1-13,17H,14-16H2. The SMILES string of the molecule is O=Cc1ccccc1CCn1c(=O)c2ccccc2n(Cc2ccccc2)c1=O. The van der Waals surface area contributed by atoms with Gasteiger partial charge in [0.2, 0.25) is 0 Å². The fourth-order valence-electron chi connectivity index (χ4n) is 3.60. The number of aryl methyl sites for hydroxylation is 1. The lowest BCUT2D eigenvalue weighted by atomic mass is 10.1. The third-order valence-electron chi connectivity index (χ3n) is 5.10. The van der Waals surface area contributed by atoms with Crippen molar-refractivity contribution in [1.82, 2.24) is 9.13 Å². The molecule has 0 aliphatic carbocycles. The molecule has 0 saturated carbocycles. The number of hydrogen-bond acceptors (Lipinski definition) is 3. The number of benzene rings is 3. The van der Waals surface area contributed by atoms with Crippen LogP contribution in [0.15, 0.2) is 88.5 Å². The van der Waals surface area contributed by atoms with E-state index in [-0.39, 0.29) is 17.8 Å². The van der Waals surface area contributed by atoms with Crippen LogP contribution in [0, 0.1) is 0 Å². The van der Waals surface area contributed by atoms with E-state index in [0.29, 0.717) is 29.4 Å². The number of aromatic nitrogens is 2. The number of aldehydes is 1. The van der Waals surface area contributed by atoms with Crippen molar-refractivity contribution < 1.29 is 4.79 Å². The minimum atomic E-state index is -0.346. The zero-order chi connectivity index (χ0) is 20.2. The van der Waals surface area contributed by atoms with E-state index in [4.69, 9.17) is 0 Å². The minimum Gasteiger partial charge on any atom is -0.298 e. The van der Waals surface area contributed by atoms with Crippen LogP contribution in [-0.2, 0) is 19.5 Å². The van der Waals surface area contributed by atoms with Gasteiger partial charge in [0.1, 0.15) is 6.29 Å². The summed E-state index contributed by atoms with van der Waals surface area (Å²) < 4.78 is 2.91. The summed E-state index contributed by atoms with van der Waals surface area (Å²) in [6.07, 6.45) is 1.22. The highest BCUT2D eigenvalue weighted by molar-refractivity contribution is 5.78. The highest BCUT2D eigenvalue weighted by atomic mass is 16.2. The van der Waals surface area contributed by atoms with Crippen LogP contribution in [0.4, 0.5) is 0 Å². The second-order valence-corrected chi connectivity index (χ2v) is 6.89. The summed E-state index contributed by atoms with van der Waals surface area (Å²) in [5.74, 6) is 0. The van der Waals surface area contributed by atoms with Crippen molar-refractivity contribution in [2.24, 2.45) is 0 Å². The molecular weight excluding hydrogens is 364 g/mol. The molecule has 0 bridgehead atoms. The lowest BCUT2D eigenvalue weighted by Crippen LogP contribution is -2.40. The molecule has 0 atom stereocenters. The molecule has 0 saturated heterocycles. The van der Waals surface area contributed by atoms with E-state index >= 15 is 0 Å². The number of hydrogen-bond donors (Lipinski definition) is 0. The first kappa shape index (κ1) is 18.6. The Morgan fingerprint density at radius 1 is 0.759 bits per heavy atom. The lowest BCUT2D eigenvalue weighted by Gasteiger charge is -2.14. The summed E-state index contributed by atoms with van der Waals surface area (Å²) in [6, 6.07) is 24.1. The van der Waals surface area contributed by atoms with Crippen molar-refractivity contribution in [2.45, 2.75) is 19.5 Å². The molecule has 0 amide bonds. The van der Waals surface area contributed by atoms with Gasteiger partial charge in [0, 0.05) is 12.1 Å². The second kappa shape index (κ2) is 8.10. The fourth-order valence-corrected chi connectivity index (χ4v) is 3.60. The van der Waals surface area contributed by atoms with E-state index in [9.17, 15) is 14.4 Å². The summed E-state index contributed by atoms with van der Waals surface area (Å²) in [7, 11) is 0. The Hall–Kier alpha value is -3.73. The zero-order valence-electron chi connectivity index (χ0n) is 15.8. The van der Waals surface area contributed by atoms with Gasteiger partial charge in [-0.3, -0.25) is 18.7 Å². The maximum atomic E-state index is 13.2. The van der Waals surface area contributed by atoms with E-state index in [1.54, 1.807) is 34.9 Å². The molecule has 144 valence electrons. The molecule has 0 aliphatic rings. The fraction of sp³-hybridized carbons (Fsp3) is 0.125. The molecule has 0 aliphatic heterocycles. The Morgan fingerprint density at radius 2 is 1.45 bits per heavy atom. The third kappa shape index (κ3) is 3.67. The molecule has 29 heavy (non-hydrogen) atoms. The molecule has 5 heteroatoms. The van der Waals surface area contributed by atoms with Crippen LogP contribution >= 0.6 is 0 Å². The van der Waals surface area contributed by atoms with Gasteiger partial charge in [0.15, 0.2) is 0 Å². The monoisotopic (exact) mass is 384 g/mol. The molecule has 1 aromatic heterocycles. The van der Waals surface area contributed by atoms with Gasteiger partial charge >= 0.3 is 5.69 Å². The lowest BCUT2D eigenvalue weighted by molar-refractivity contribution is 0.112. The van der Waals surface area contributed by atoms with Crippen molar-refractivity contribution in [3.63, 3.8) is 0 Å². The highest BCUT2D eigenvalue weighted by Gasteiger charge is 2.13. The van der Waals surface area contributed by atoms with Crippen LogP contribution < -0.4 is 11.2 Å². The normalized spacial score (nSPS) is 10.9. The Morgan fingerprint density at radius 3 is 2.24 bits per heavy atom. The van der Waals surface area contributed by atoms with Gasteiger partial charge in [-0.25, -0.2) is 4.79 Å². The van der Waals surface area contributed by atoms with Crippen molar-refractivity contribution in [3.05, 3.63) is 116 Å². The maximum Gasteiger partial charge on any atom is 0.331 e. The van der Waals surface area contributed by atoms with Crippen molar-refractivity contribution >= 4 is 17.2 Å². The molecule has 0 fully saturated rings. The van der Waals surface area contributed by atoms with Gasteiger partial charge in [0.05, 0.1) is 17.4 Å². The molecule has 0 spiro atoms. The number of carbonyl (C=O) groups is 1. The van der Waals surface area contributed by atoms with Crippen LogP contribution in [-0.4, -0.2) is 15.4 Å². The Labute approximate surface area is 167 Å². The maximum absolute atomic E-state index is 13.2. The highest BCUT2D eigenvalue weighted by Crippen LogP contribution is 2.11. The van der Waals surface area contributed by atoms with Crippen molar-refractivity contribution in [3.8, 4) is 0 Å². The van der Waals surface area contributed by atoms with Gasteiger partial charge in [-0.15, -0.1) is 0 Å². The van der Waals surface area contributed by atoms with E-state index < -0.39 is 0 Å². The van der Waals surface area contributed by atoms with E-state index in [1.807, 2.05) is 48.5 Å². The second-order valence-electron chi connectivity index (χ2n) is 6.89. The largest absolute Gasteiger partial charge is 0.331 e. The summed E-state index contributed by atoms with van der Waals surface area (Å²) in [5, 5.41) is 0.506. The predicted octanol–water partition coefficient (Wildman–Crippen LogP) is 3.27. The first-order valence-electron chi connectivity index (χ1n) is 9.48. The number of para-hydroxylation sites is 1. The average Bonchev–Trinajstić information content (AvgIpc) is 2.77. The molecule has 0 N–H and O–H groups in total.